The summed E-state index contributed by atoms with van der Waals surface area (Å²) in [6.45, 7) is 3.82. The van der Waals surface area contributed by atoms with E-state index in [1.165, 1.54) is 0 Å². The number of fused-ring (bicyclic) bond motifs is 1. The number of hydrogen-bond donors (Lipinski definition) is 3. The highest BCUT2D eigenvalue weighted by atomic mass is 16.1. The first kappa shape index (κ1) is 11.4. The summed E-state index contributed by atoms with van der Waals surface area (Å²) in [5.74, 6) is 0.316. The molecule has 90 valence electrons. The maximum absolute atomic E-state index is 10.9. The van der Waals surface area contributed by atoms with Gasteiger partial charge in [-0.3, -0.25) is 4.79 Å². The average Bonchev–Trinajstić information content (AvgIpc) is 2.55. The molecule has 0 bridgehead atoms. The van der Waals surface area contributed by atoms with Gasteiger partial charge in [0.05, 0.1) is 11.0 Å². The van der Waals surface area contributed by atoms with E-state index in [0.717, 1.165) is 11.0 Å². The Morgan fingerprint density at radius 3 is 2.82 bits per heavy atom. The van der Waals surface area contributed by atoms with E-state index in [1.54, 1.807) is 0 Å². The zero-order valence-corrected chi connectivity index (χ0v) is 9.95. The van der Waals surface area contributed by atoms with E-state index < -0.39 is 5.54 Å². The van der Waals surface area contributed by atoms with Crippen molar-refractivity contribution in [2.75, 3.05) is 5.32 Å². The molecular formula is C12H16N4O. The average molecular weight is 232 g/mol. The Balaban J connectivity index is 2.20. The van der Waals surface area contributed by atoms with Gasteiger partial charge in [0.1, 0.15) is 0 Å². The van der Waals surface area contributed by atoms with Crippen molar-refractivity contribution in [2.24, 2.45) is 5.73 Å². The van der Waals surface area contributed by atoms with Crippen molar-refractivity contribution >= 4 is 22.9 Å². The van der Waals surface area contributed by atoms with Gasteiger partial charge in [0.25, 0.3) is 0 Å². The second-order valence-corrected chi connectivity index (χ2v) is 4.75. The van der Waals surface area contributed by atoms with Gasteiger partial charge in [0.2, 0.25) is 11.9 Å². The first-order chi connectivity index (χ1) is 7.96. The number of carbonyl (C=O) groups is 1. The largest absolute Gasteiger partial charge is 0.370 e. The van der Waals surface area contributed by atoms with Gasteiger partial charge in [0, 0.05) is 12.0 Å². The molecule has 0 saturated heterocycles. The molecule has 0 radical (unpaired) electrons. The monoisotopic (exact) mass is 232 g/mol. The minimum Gasteiger partial charge on any atom is -0.370 e. The number of carbonyl (C=O) groups excluding carboxylic acids is 1. The van der Waals surface area contributed by atoms with Crippen LogP contribution in [0, 0.1) is 0 Å². The summed E-state index contributed by atoms with van der Waals surface area (Å²) in [6.07, 6.45) is 0.254. The van der Waals surface area contributed by atoms with E-state index in [4.69, 9.17) is 5.73 Å². The normalized spacial score (nSPS) is 11.6. The van der Waals surface area contributed by atoms with Gasteiger partial charge in [0.15, 0.2) is 0 Å². The molecule has 17 heavy (non-hydrogen) atoms. The number of aromatic amines is 1. The third-order valence-electron chi connectivity index (χ3n) is 2.46. The second-order valence-electron chi connectivity index (χ2n) is 4.75. The fourth-order valence-electron chi connectivity index (χ4n) is 1.81. The van der Waals surface area contributed by atoms with Crippen LogP contribution >= 0.6 is 0 Å². The highest BCUT2D eigenvalue weighted by molar-refractivity contribution is 5.78. The van der Waals surface area contributed by atoms with Crippen molar-refractivity contribution < 1.29 is 4.79 Å². The van der Waals surface area contributed by atoms with E-state index in [1.807, 2.05) is 38.1 Å². The molecule has 0 spiro atoms. The van der Waals surface area contributed by atoms with Crippen LogP contribution in [0.5, 0.6) is 0 Å². The van der Waals surface area contributed by atoms with Crippen LogP contribution in [0.15, 0.2) is 24.3 Å². The van der Waals surface area contributed by atoms with Gasteiger partial charge >= 0.3 is 0 Å². The van der Waals surface area contributed by atoms with Crippen molar-refractivity contribution in [3.63, 3.8) is 0 Å². The molecule has 2 rings (SSSR count). The Morgan fingerprint density at radius 2 is 2.18 bits per heavy atom. The molecule has 2 aromatic rings. The zero-order valence-electron chi connectivity index (χ0n) is 9.95. The number of nitrogens with two attached hydrogens (primary N) is 1. The number of imidazole rings is 1. The second kappa shape index (κ2) is 4.08. The molecule has 1 aromatic carbocycles. The number of amides is 1. The number of rotatable bonds is 4. The van der Waals surface area contributed by atoms with E-state index >= 15 is 0 Å². The molecule has 1 heterocycles. The fourth-order valence-corrected chi connectivity index (χ4v) is 1.81. The van der Waals surface area contributed by atoms with Gasteiger partial charge in [-0.25, -0.2) is 4.98 Å². The molecule has 1 amide bonds. The van der Waals surface area contributed by atoms with Crippen LogP contribution in [0.25, 0.3) is 11.0 Å². The molecular weight excluding hydrogens is 216 g/mol. The van der Waals surface area contributed by atoms with Crippen molar-refractivity contribution in [1.29, 1.82) is 0 Å². The molecule has 0 unspecified atom stereocenters. The molecule has 5 heteroatoms. The summed E-state index contributed by atoms with van der Waals surface area (Å²) in [7, 11) is 0. The summed E-state index contributed by atoms with van der Waals surface area (Å²) in [5, 5.41) is 3.17. The van der Waals surface area contributed by atoms with Gasteiger partial charge in [-0.1, -0.05) is 12.1 Å². The number of anilines is 1. The van der Waals surface area contributed by atoms with Crippen LogP contribution in [0.2, 0.25) is 0 Å². The molecule has 0 aliphatic heterocycles. The number of hydrogen-bond acceptors (Lipinski definition) is 3. The highest BCUT2D eigenvalue weighted by Gasteiger charge is 2.21. The first-order valence-electron chi connectivity index (χ1n) is 5.47. The number of primary amides is 1. The molecule has 0 aliphatic carbocycles. The maximum Gasteiger partial charge on any atom is 0.219 e. The Hall–Kier alpha value is -2.04. The Morgan fingerprint density at radius 1 is 1.47 bits per heavy atom. The van der Waals surface area contributed by atoms with Crippen molar-refractivity contribution in [1.82, 2.24) is 9.97 Å². The Labute approximate surface area is 99.4 Å². The number of aromatic nitrogens is 2. The maximum atomic E-state index is 10.9. The van der Waals surface area contributed by atoms with Crippen LogP contribution < -0.4 is 11.1 Å². The van der Waals surface area contributed by atoms with Crippen molar-refractivity contribution in [3.05, 3.63) is 24.3 Å². The van der Waals surface area contributed by atoms with E-state index in [2.05, 4.69) is 15.3 Å². The topological polar surface area (TPSA) is 83.8 Å². The van der Waals surface area contributed by atoms with Crippen LogP contribution in [0.3, 0.4) is 0 Å². The van der Waals surface area contributed by atoms with Gasteiger partial charge < -0.3 is 16.0 Å². The van der Waals surface area contributed by atoms with Crippen molar-refractivity contribution in [3.8, 4) is 0 Å². The molecule has 5 nitrogen and oxygen atoms in total. The SMILES string of the molecule is CC(C)(CC(N)=O)Nc1nc2ccccc2[nH]1. The zero-order chi connectivity index (χ0) is 12.5. The minimum absolute atomic E-state index is 0.254. The van der Waals surface area contributed by atoms with Gasteiger partial charge in [-0.2, -0.15) is 0 Å². The lowest BCUT2D eigenvalue weighted by Crippen LogP contribution is -2.36. The smallest absolute Gasteiger partial charge is 0.219 e. The lowest BCUT2D eigenvalue weighted by Gasteiger charge is -2.24. The third kappa shape index (κ3) is 2.75. The number of nitrogens with zero attached hydrogens (tertiary/aromatic N) is 1. The molecule has 1 aromatic heterocycles. The predicted molar refractivity (Wildman–Crippen MR) is 67.6 cm³/mol. The summed E-state index contributed by atoms with van der Waals surface area (Å²) in [4.78, 5) is 18.5. The minimum atomic E-state index is -0.417. The van der Waals surface area contributed by atoms with Gasteiger partial charge in [-0.05, 0) is 26.0 Å². The summed E-state index contributed by atoms with van der Waals surface area (Å²) < 4.78 is 0. The van der Waals surface area contributed by atoms with Crippen LogP contribution in [-0.2, 0) is 4.79 Å². The summed E-state index contributed by atoms with van der Waals surface area (Å²) >= 11 is 0. The number of nitrogens with one attached hydrogen (secondary N) is 2. The standard InChI is InChI=1S/C12H16N4O/c1-12(2,7-10(13)17)16-11-14-8-5-3-4-6-9(8)15-11/h3-6H,7H2,1-2H3,(H2,13,17)(H2,14,15,16). The van der Waals surface area contributed by atoms with Crippen molar-refractivity contribution in [2.45, 2.75) is 25.8 Å². The molecule has 0 saturated carbocycles. The van der Waals surface area contributed by atoms with E-state index in [0.29, 0.717) is 5.95 Å². The first-order valence-corrected chi connectivity index (χ1v) is 5.47. The summed E-state index contributed by atoms with van der Waals surface area (Å²) in [6, 6.07) is 7.76. The fraction of sp³-hybridized carbons (Fsp3) is 0.333. The highest BCUT2D eigenvalue weighted by Crippen LogP contribution is 2.18. The molecule has 4 N–H and O–H groups in total. The van der Waals surface area contributed by atoms with E-state index in [9.17, 15) is 4.79 Å². The lowest BCUT2D eigenvalue weighted by molar-refractivity contribution is -0.118. The molecule has 0 fully saturated rings. The third-order valence-corrected chi connectivity index (χ3v) is 2.46. The Bertz CT molecular complexity index is 511. The predicted octanol–water partition coefficient (Wildman–Crippen LogP) is 1.63. The lowest BCUT2D eigenvalue weighted by atomic mass is 10.0. The number of para-hydroxylation sites is 2. The Kier molecular flexibility index (Phi) is 2.75. The van der Waals surface area contributed by atoms with E-state index in [-0.39, 0.29) is 12.3 Å². The van der Waals surface area contributed by atoms with Gasteiger partial charge in [-0.15, -0.1) is 0 Å². The quantitative estimate of drug-likeness (QED) is 0.749. The van der Waals surface area contributed by atoms with Crippen LogP contribution in [-0.4, -0.2) is 21.4 Å². The molecule has 0 aliphatic rings. The molecule has 0 atom stereocenters. The van der Waals surface area contributed by atoms with Crippen LogP contribution in [0.1, 0.15) is 20.3 Å². The summed E-state index contributed by atoms with van der Waals surface area (Å²) in [5.41, 5.74) is 6.64. The number of H-pyrrole nitrogens is 1. The van der Waals surface area contributed by atoms with Crippen LogP contribution in [0.4, 0.5) is 5.95 Å². The number of benzene rings is 1.